The van der Waals surface area contributed by atoms with Gasteiger partial charge >= 0.3 is 0 Å². The normalized spacial score (nSPS) is 14.0. The van der Waals surface area contributed by atoms with Crippen molar-refractivity contribution in [2.24, 2.45) is 7.05 Å². The third-order valence-electron chi connectivity index (χ3n) is 6.58. The van der Waals surface area contributed by atoms with Crippen molar-refractivity contribution < 1.29 is 14.1 Å². The topological polar surface area (TPSA) is 133 Å². The number of para-hydroxylation sites is 1. The molecule has 0 radical (unpaired) electrons. The molecule has 2 N–H and O–H groups in total. The number of hydrogen-bond donors (Lipinski definition) is 2. The van der Waals surface area contributed by atoms with E-state index in [0.29, 0.717) is 41.7 Å². The van der Waals surface area contributed by atoms with Crippen molar-refractivity contribution in [2.45, 2.75) is 31.8 Å². The van der Waals surface area contributed by atoms with Gasteiger partial charge in [-0.1, -0.05) is 47.1 Å². The van der Waals surface area contributed by atoms with Gasteiger partial charge in [-0.3, -0.25) is 9.59 Å². The van der Waals surface area contributed by atoms with Gasteiger partial charge in [-0.25, -0.2) is 0 Å². The van der Waals surface area contributed by atoms with E-state index in [1.165, 1.54) is 10.9 Å². The van der Waals surface area contributed by atoms with Gasteiger partial charge in [-0.15, -0.1) is 10.2 Å². The molecule has 0 atom stereocenters. The first-order valence-corrected chi connectivity index (χ1v) is 12.4. The van der Waals surface area contributed by atoms with Crippen LogP contribution in [0.25, 0.3) is 28.1 Å². The molecule has 0 unspecified atom stereocenters. The summed E-state index contributed by atoms with van der Waals surface area (Å²) in [5, 5.41) is 23.4. The highest BCUT2D eigenvalue weighted by atomic mass is 35.5. The molecular formula is C26H23ClN8O3. The van der Waals surface area contributed by atoms with Gasteiger partial charge < -0.3 is 19.7 Å². The number of hydrogen-bond acceptors (Lipinski definition) is 7. The van der Waals surface area contributed by atoms with Crippen molar-refractivity contribution in [3.05, 3.63) is 76.6 Å². The third kappa shape index (κ3) is 4.20. The van der Waals surface area contributed by atoms with E-state index in [-0.39, 0.29) is 11.6 Å². The molecule has 3 aromatic heterocycles. The molecule has 0 spiro atoms. The molecule has 1 aliphatic rings. The molecule has 0 bridgehead atoms. The summed E-state index contributed by atoms with van der Waals surface area (Å²) in [5.74, 6) is 0.296. The minimum Gasteiger partial charge on any atom is -0.361 e. The predicted molar refractivity (Wildman–Crippen MR) is 139 cm³/mol. The van der Waals surface area contributed by atoms with E-state index in [1.54, 1.807) is 14.0 Å². The molecule has 2 aromatic carbocycles. The summed E-state index contributed by atoms with van der Waals surface area (Å²) < 4.78 is 6.95. The Morgan fingerprint density at radius 3 is 2.55 bits per heavy atom. The van der Waals surface area contributed by atoms with Crippen LogP contribution in [0.15, 0.2) is 59.1 Å². The average Bonchev–Trinajstić information content (AvgIpc) is 3.21. The van der Waals surface area contributed by atoms with Crippen molar-refractivity contribution in [3.63, 3.8) is 0 Å². The Kier molecular flexibility index (Phi) is 5.72. The lowest BCUT2D eigenvalue weighted by molar-refractivity contribution is -0.124. The van der Waals surface area contributed by atoms with Gasteiger partial charge in [0.2, 0.25) is 11.7 Å². The summed E-state index contributed by atoms with van der Waals surface area (Å²) in [5.41, 5.74) is 2.57. The SMILES string of the molecule is Cc1cc(C(=O)NC2(C(=O)NCc3ccc(-n4c(-c5nnn(C)n5)c(Cl)c5ccccc54)cc3)CC2)no1. The van der Waals surface area contributed by atoms with E-state index in [4.69, 9.17) is 16.1 Å². The largest absolute Gasteiger partial charge is 0.361 e. The van der Waals surface area contributed by atoms with E-state index in [2.05, 4.69) is 31.2 Å². The maximum absolute atomic E-state index is 12.9. The van der Waals surface area contributed by atoms with Crippen molar-refractivity contribution in [1.82, 2.24) is 40.6 Å². The van der Waals surface area contributed by atoms with E-state index in [9.17, 15) is 9.59 Å². The summed E-state index contributed by atoms with van der Waals surface area (Å²) >= 11 is 6.77. The first kappa shape index (κ1) is 23.9. The zero-order valence-electron chi connectivity index (χ0n) is 20.6. The number of amides is 2. The van der Waals surface area contributed by atoms with E-state index < -0.39 is 11.4 Å². The van der Waals surface area contributed by atoms with Crippen LogP contribution in [0.1, 0.15) is 34.7 Å². The molecule has 38 heavy (non-hydrogen) atoms. The minimum atomic E-state index is -0.913. The van der Waals surface area contributed by atoms with Crippen molar-refractivity contribution >= 4 is 34.3 Å². The van der Waals surface area contributed by atoms with Gasteiger partial charge in [0, 0.05) is 23.7 Å². The summed E-state index contributed by atoms with van der Waals surface area (Å²) in [6.45, 7) is 2.01. The Labute approximate surface area is 221 Å². The highest BCUT2D eigenvalue weighted by molar-refractivity contribution is 6.38. The fourth-order valence-electron chi connectivity index (χ4n) is 4.45. The number of aryl methyl sites for hydroxylation is 2. The Bertz CT molecular complexity index is 1680. The summed E-state index contributed by atoms with van der Waals surface area (Å²) in [4.78, 5) is 26.7. The second-order valence-electron chi connectivity index (χ2n) is 9.33. The molecule has 192 valence electrons. The van der Waals surface area contributed by atoms with Crippen molar-refractivity contribution in [2.75, 3.05) is 0 Å². The number of fused-ring (bicyclic) bond motifs is 1. The number of nitrogens with one attached hydrogen (secondary N) is 2. The lowest BCUT2D eigenvalue weighted by Gasteiger charge is -2.17. The molecule has 2 amide bonds. The van der Waals surface area contributed by atoms with E-state index in [0.717, 1.165) is 22.2 Å². The highest BCUT2D eigenvalue weighted by Crippen LogP contribution is 2.38. The molecule has 5 aromatic rings. The van der Waals surface area contributed by atoms with Crippen LogP contribution in [0.5, 0.6) is 0 Å². The molecule has 0 aliphatic heterocycles. The van der Waals surface area contributed by atoms with Crippen molar-refractivity contribution in [3.8, 4) is 17.2 Å². The summed E-state index contributed by atoms with van der Waals surface area (Å²) in [6, 6.07) is 17.1. The fourth-order valence-corrected chi connectivity index (χ4v) is 4.78. The van der Waals surface area contributed by atoms with Gasteiger partial charge in [-0.2, -0.15) is 4.80 Å². The number of tetrazole rings is 1. The Morgan fingerprint density at radius 2 is 1.89 bits per heavy atom. The van der Waals surface area contributed by atoms with E-state index >= 15 is 0 Å². The number of carbonyl (C=O) groups is 2. The number of aromatic nitrogens is 6. The molecule has 1 saturated carbocycles. The van der Waals surface area contributed by atoms with Crippen LogP contribution in [-0.2, 0) is 18.4 Å². The zero-order chi connectivity index (χ0) is 26.4. The third-order valence-corrected chi connectivity index (χ3v) is 6.96. The number of carbonyl (C=O) groups excluding carboxylic acids is 2. The maximum Gasteiger partial charge on any atom is 0.274 e. The second kappa shape index (κ2) is 9.10. The Balaban J connectivity index is 1.20. The lowest BCUT2D eigenvalue weighted by Crippen LogP contribution is -2.48. The number of nitrogens with zero attached hydrogens (tertiary/aromatic N) is 6. The molecule has 1 fully saturated rings. The highest BCUT2D eigenvalue weighted by Gasteiger charge is 2.51. The molecule has 11 nitrogen and oxygen atoms in total. The van der Waals surface area contributed by atoms with Crippen LogP contribution in [-0.4, -0.2) is 47.3 Å². The van der Waals surface area contributed by atoms with E-state index in [1.807, 2.05) is 53.1 Å². The minimum absolute atomic E-state index is 0.158. The number of halogens is 1. The van der Waals surface area contributed by atoms with Crippen LogP contribution in [0, 0.1) is 6.92 Å². The molecule has 12 heteroatoms. The second-order valence-corrected chi connectivity index (χ2v) is 9.70. The molecule has 1 aliphatic carbocycles. The maximum atomic E-state index is 12.9. The van der Waals surface area contributed by atoms with Gasteiger partial charge in [0.1, 0.15) is 17.0 Å². The zero-order valence-corrected chi connectivity index (χ0v) is 21.4. The molecular weight excluding hydrogens is 508 g/mol. The van der Waals surface area contributed by atoms with Crippen molar-refractivity contribution in [1.29, 1.82) is 0 Å². The monoisotopic (exact) mass is 530 g/mol. The van der Waals surface area contributed by atoms with Crippen LogP contribution in [0.2, 0.25) is 5.02 Å². The average molecular weight is 531 g/mol. The van der Waals surface area contributed by atoms with Gasteiger partial charge in [-0.05, 0) is 48.7 Å². The van der Waals surface area contributed by atoms with Gasteiger partial charge in [0.15, 0.2) is 5.69 Å². The quantitative estimate of drug-likeness (QED) is 0.329. The first-order valence-electron chi connectivity index (χ1n) is 12.0. The smallest absolute Gasteiger partial charge is 0.274 e. The molecule has 0 saturated heterocycles. The number of rotatable bonds is 7. The Morgan fingerprint density at radius 1 is 1.13 bits per heavy atom. The standard InChI is InChI=1S/C26H23ClN8O3/c1-15-13-19(32-38-15)24(36)29-26(11-12-26)25(37)28-14-16-7-9-17(10-8-16)35-20-6-4-3-5-18(20)21(27)22(35)23-30-33-34(2)31-23/h3-10,13H,11-12,14H2,1-2H3,(H,28,37)(H,29,36). The first-order chi connectivity index (χ1) is 18.3. The summed E-state index contributed by atoms with van der Waals surface area (Å²) in [6.07, 6.45) is 1.14. The number of benzene rings is 2. The van der Waals surface area contributed by atoms with Crippen LogP contribution in [0.4, 0.5) is 0 Å². The van der Waals surface area contributed by atoms with Gasteiger partial charge in [0.25, 0.3) is 5.91 Å². The summed E-state index contributed by atoms with van der Waals surface area (Å²) in [7, 11) is 1.70. The lowest BCUT2D eigenvalue weighted by atomic mass is 10.1. The predicted octanol–water partition coefficient (Wildman–Crippen LogP) is 3.35. The van der Waals surface area contributed by atoms with Crippen LogP contribution in [0.3, 0.4) is 0 Å². The van der Waals surface area contributed by atoms with Crippen LogP contribution < -0.4 is 10.6 Å². The van der Waals surface area contributed by atoms with Crippen LogP contribution >= 0.6 is 11.6 Å². The molecule has 3 heterocycles. The van der Waals surface area contributed by atoms with Gasteiger partial charge in [0.05, 0.1) is 17.6 Å². The molecule has 6 rings (SSSR count). The fraction of sp³-hybridized carbons (Fsp3) is 0.231. The Hall–Kier alpha value is -4.51.